The number of carbonyl (C=O) groups excluding carboxylic acids is 3. The van der Waals surface area contributed by atoms with Crippen LogP contribution in [0.4, 0.5) is 4.39 Å². The number of aliphatic hydroxyl groups is 2. The lowest BCUT2D eigenvalue weighted by Crippen LogP contribution is -2.54. The van der Waals surface area contributed by atoms with Crippen molar-refractivity contribution in [3.05, 3.63) is 51.6 Å². The van der Waals surface area contributed by atoms with Crippen molar-refractivity contribution in [2.75, 3.05) is 20.4 Å². The Kier molecular flexibility index (Phi) is 8.47. The Morgan fingerprint density at radius 1 is 1.17 bits per heavy atom. The molecule has 6 atom stereocenters. The summed E-state index contributed by atoms with van der Waals surface area (Å²) in [7, 11) is 1.33. The Morgan fingerprint density at radius 2 is 1.85 bits per heavy atom. The number of hydrogen-bond donors (Lipinski definition) is 5. The zero-order valence-electron chi connectivity index (χ0n) is 22.3. The summed E-state index contributed by atoms with van der Waals surface area (Å²) in [6.45, 7) is -0.328. The molecule has 11 nitrogen and oxygen atoms in total. The van der Waals surface area contributed by atoms with Gasteiger partial charge in [-0.1, -0.05) is 19.1 Å². The topological polar surface area (TPSA) is 186 Å². The molecule has 1 saturated heterocycles. The summed E-state index contributed by atoms with van der Waals surface area (Å²) < 4.78 is 30.4. The van der Waals surface area contributed by atoms with Gasteiger partial charge in [-0.3, -0.25) is 14.4 Å². The molecule has 0 bridgehead atoms. The molecule has 3 aliphatic rings. The molecule has 5 rings (SSSR count). The van der Waals surface area contributed by atoms with Crippen molar-refractivity contribution in [3.63, 3.8) is 0 Å². The van der Waals surface area contributed by atoms with Gasteiger partial charge in [-0.15, -0.1) is 12.4 Å². The number of aliphatic hydroxyl groups excluding tert-OH is 2. The molecule has 0 aromatic heterocycles. The van der Waals surface area contributed by atoms with E-state index in [-0.39, 0.29) is 59.7 Å². The van der Waals surface area contributed by atoms with E-state index >= 15 is 0 Å². The number of phenols is 2. The number of halogens is 2. The molecular weight excluding hydrogens is 565 g/mol. The summed E-state index contributed by atoms with van der Waals surface area (Å²) in [5, 5.41) is 42.8. The van der Waals surface area contributed by atoms with Crippen molar-refractivity contribution in [2.45, 2.75) is 56.8 Å². The number of phenolic OH excluding ortho intramolecular Hbond substituents is 2. The lowest BCUT2D eigenvalue weighted by Gasteiger charge is -2.43. The zero-order chi connectivity index (χ0) is 29.1. The van der Waals surface area contributed by atoms with Crippen molar-refractivity contribution in [1.29, 1.82) is 0 Å². The quantitative estimate of drug-likeness (QED) is 0.261. The van der Waals surface area contributed by atoms with Gasteiger partial charge in [0, 0.05) is 34.6 Å². The van der Waals surface area contributed by atoms with Crippen molar-refractivity contribution in [2.24, 2.45) is 11.1 Å². The fraction of sp³-hybridized carbons (Fsp3) is 0.464. The van der Waals surface area contributed by atoms with Crippen LogP contribution >= 0.6 is 12.4 Å². The Morgan fingerprint density at radius 3 is 2.49 bits per heavy atom. The number of fused-ring (bicyclic) bond motifs is 3. The average molecular weight is 596 g/mol. The van der Waals surface area contributed by atoms with E-state index in [0.29, 0.717) is 0 Å². The normalized spacial score (nSPS) is 28.7. The van der Waals surface area contributed by atoms with Gasteiger partial charge in [0.25, 0.3) is 0 Å². The van der Waals surface area contributed by atoms with Gasteiger partial charge < -0.3 is 40.4 Å². The van der Waals surface area contributed by atoms with Gasteiger partial charge in [-0.2, -0.15) is 0 Å². The second-order valence-corrected chi connectivity index (χ2v) is 10.7. The van der Waals surface area contributed by atoms with Crippen LogP contribution in [-0.2, 0) is 20.7 Å². The van der Waals surface area contributed by atoms with Crippen LogP contribution in [0, 0.1) is 5.41 Å². The number of ether oxygens (including phenoxy) is 3. The number of ketones is 3. The second kappa shape index (κ2) is 11.3. The first-order valence-corrected chi connectivity index (χ1v) is 12.8. The number of aromatic hydroxyl groups is 2. The minimum Gasteiger partial charge on any atom is -0.507 e. The van der Waals surface area contributed by atoms with Gasteiger partial charge >= 0.3 is 0 Å². The molecule has 2 aromatic carbocycles. The number of alkyl halides is 1. The number of benzene rings is 2. The summed E-state index contributed by atoms with van der Waals surface area (Å²) in [5.74, 6) is -3.18. The third kappa shape index (κ3) is 4.78. The highest BCUT2D eigenvalue weighted by molar-refractivity contribution is 6.31. The highest BCUT2D eigenvalue weighted by atomic mass is 35.5. The SMILES string of the molecule is COc1cccc2c1C(=O)c1c(O)c3c(c(O)c1C2=O)C[C@@](C)(C(=O)CO)CC3O[C@@H]1C[C@H](N)[C@H](O)[C@@H](CF)O1.Cl. The van der Waals surface area contributed by atoms with Gasteiger partial charge in [0.05, 0.1) is 36.0 Å². The van der Waals surface area contributed by atoms with Gasteiger partial charge in [0.2, 0.25) is 5.78 Å². The van der Waals surface area contributed by atoms with Crippen LogP contribution in [0.25, 0.3) is 0 Å². The Balaban J connectivity index is 0.00000387. The molecule has 0 amide bonds. The molecule has 6 N–H and O–H groups in total. The van der Waals surface area contributed by atoms with Crippen molar-refractivity contribution < 1.29 is 53.4 Å². The molecule has 222 valence electrons. The first kappa shape index (κ1) is 30.8. The van der Waals surface area contributed by atoms with Crippen LogP contribution in [0.5, 0.6) is 17.2 Å². The predicted octanol–water partition coefficient (Wildman–Crippen LogP) is 1.65. The van der Waals surface area contributed by atoms with E-state index in [2.05, 4.69) is 0 Å². The van der Waals surface area contributed by atoms with E-state index in [1.807, 2.05) is 0 Å². The second-order valence-electron chi connectivity index (χ2n) is 10.7. The third-order valence-electron chi connectivity index (χ3n) is 8.18. The summed E-state index contributed by atoms with van der Waals surface area (Å²) in [5.41, 5.74) is 3.63. The first-order chi connectivity index (χ1) is 19.0. The van der Waals surface area contributed by atoms with Gasteiger partial charge in [-0.05, 0) is 18.9 Å². The van der Waals surface area contributed by atoms with E-state index < -0.39 is 89.3 Å². The Labute approximate surface area is 240 Å². The summed E-state index contributed by atoms with van der Waals surface area (Å²) in [6, 6.07) is 3.51. The monoisotopic (exact) mass is 595 g/mol. The number of nitrogens with two attached hydrogens (primary N) is 1. The molecule has 1 heterocycles. The zero-order valence-corrected chi connectivity index (χ0v) is 23.1. The average Bonchev–Trinajstić information content (AvgIpc) is 2.94. The Bertz CT molecular complexity index is 1420. The van der Waals surface area contributed by atoms with Crippen LogP contribution in [0.3, 0.4) is 0 Å². The third-order valence-corrected chi connectivity index (χ3v) is 8.18. The molecule has 0 saturated carbocycles. The Hall–Kier alpha value is -3.13. The van der Waals surface area contributed by atoms with Crippen LogP contribution < -0.4 is 10.5 Å². The molecule has 13 heteroatoms. The number of carbonyl (C=O) groups is 3. The number of methoxy groups -OCH3 is 1. The molecule has 1 unspecified atom stereocenters. The van der Waals surface area contributed by atoms with Gasteiger partial charge in [0.1, 0.15) is 36.6 Å². The fourth-order valence-electron chi connectivity index (χ4n) is 6.00. The van der Waals surface area contributed by atoms with Crippen LogP contribution in [-0.4, -0.2) is 82.7 Å². The molecule has 41 heavy (non-hydrogen) atoms. The summed E-state index contributed by atoms with van der Waals surface area (Å²) >= 11 is 0. The molecular formula is C28H31ClFNO10. The van der Waals surface area contributed by atoms with E-state index in [4.69, 9.17) is 19.9 Å². The van der Waals surface area contributed by atoms with Crippen molar-refractivity contribution >= 4 is 29.8 Å². The van der Waals surface area contributed by atoms with E-state index in [9.17, 15) is 39.2 Å². The standard InChI is InChI=1S/C28H30FNO10.ClH/c1-28(17(32)10-31)7-12-20(15(8-28)39-18-6-13(30)25(35)16(9-29)40-18)27(37)22-21(24(12)34)23(33)11-4-3-5-14(38-2)19(11)26(22)36;/h3-5,13,15-16,18,25,31,34-35,37H,6-10,30H2,1-2H3;1H/t13-,15?,16+,18-,25-,28+;/m0./s1. The maximum atomic E-state index is 13.7. The maximum Gasteiger partial charge on any atom is 0.202 e. The molecule has 0 spiro atoms. The fourth-order valence-corrected chi connectivity index (χ4v) is 6.00. The minimum absolute atomic E-state index is 0. The van der Waals surface area contributed by atoms with Crippen molar-refractivity contribution in [1.82, 2.24) is 0 Å². The minimum atomic E-state index is -1.32. The number of rotatable bonds is 6. The summed E-state index contributed by atoms with van der Waals surface area (Å²) in [4.78, 5) is 40.1. The van der Waals surface area contributed by atoms with E-state index in [1.54, 1.807) is 0 Å². The van der Waals surface area contributed by atoms with Crippen LogP contribution in [0.15, 0.2) is 18.2 Å². The maximum absolute atomic E-state index is 13.7. The van der Waals surface area contributed by atoms with Gasteiger partial charge in [-0.25, -0.2) is 4.39 Å². The lowest BCUT2D eigenvalue weighted by atomic mass is 9.67. The first-order valence-electron chi connectivity index (χ1n) is 12.8. The van der Waals surface area contributed by atoms with Gasteiger partial charge in [0.15, 0.2) is 17.9 Å². The highest BCUT2D eigenvalue weighted by Gasteiger charge is 2.49. The van der Waals surface area contributed by atoms with E-state index in [0.717, 1.165) is 0 Å². The number of Topliss-reactive ketones (excluding diaryl/α,β-unsaturated/α-hetero) is 1. The highest BCUT2D eigenvalue weighted by Crippen LogP contribution is 2.54. The molecule has 1 fully saturated rings. The summed E-state index contributed by atoms with van der Waals surface area (Å²) in [6.07, 6.45) is -5.32. The molecule has 1 aliphatic heterocycles. The van der Waals surface area contributed by atoms with Crippen LogP contribution in [0.1, 0.15) is 68.8 Å². The molecule has 2 aliphatic carbocycles. The largest absolute Gasteiger partial charge is 0.507 e. The predicted molar refractivity (Wildman–Crippen MR) is 142 cm³/mol. The molecule has 0 radical (unpaired) electrons. The van der Waals surface area contributed by atoms with E-state index in [1.165, 1.54) is 32.2 Å². The lowest BCUT2D eigenvalue weighted by molar-refractivity contribution is -0.251. The van der Waals surface area contributed by atoms with Crippen LogP contribution in [0.2, 0.25) is 0 Å². The smallest absolute Gasteiger partial charge is 0.202 e. The van der Waals surface area contributed by atoms with Crippen molar-refractivity contribution in [3.8, 4) is 17.2 Å². The number of hydrogen-bond acceptors (Lipinski definition) is 11. The molecule has 2 aromatic rings.